The van der Waals surface area contributed by atoms with Crippen molar-refractivity contribution in [3.05, 3.63) is 0 Å². The lowest BCUT2D eigenvalue weighted by atomic mass is 9.82. The molecule has 0 radical (unpaired) electrons. The Labute approximate surface area is 221 Å². The molecule has 0 aromatic carbocycles. The van der Waals surface area contributed by atoms with Crippen LogP contribution in [-0.4, -0.2) is 64.2 Å². The average Bonchev–Trinajstić information content (AvgIpc) is 3.13. The van der Waals surface area contributed by atoms with Gasteiger partial charge in [0.05, 0.1) is 6.61 Å². The first-order chi connectivity index (χ1) is 17.3. The van der Waals surface area contributed by atoms with Gasteiger partial charge in [0, 0.05) is 39.1 Å². The zero-order valence-corrected chi connectivity index (χ0v) is 24.3. The predicted molar refractivity (Wildman–Crippen MR) is 147 cm³/mol. The summed E-state index contributed by atoms with van der Waals surface area (Å²) >= 11 is 0. The van der Waals surface area contributed by atoms with Gasteiger partial charge in [0.15, 0.2) is 0 Å². The van der Waals surface area contributed by atoms with Crippen LogP contribution in [0.1, 0.15) is 110 Å². The standard InChI is InChI=1S/C26H53BNO7P/c1-4-5-6-7-8-9-10-11-12-13-14-15-16-19-24(29)28-20-17-18-22-25(35-36(30,31)33-3)23(21-32-2)34-26(22)27/h22-23,25-26H,4-21,27H2,1-3H3,(H,28,29)(H,30,31)/t22?,23-,25-,26-/m1/s1. The fourth-order valence-corrected chi connectivity index (χ4v) is 5.68. The number of methoxy groups -OCH3 is 1. The molecule has 8 nitrogen and oxygen atoms in total. The molecular weight excluding hydrogens is 480 g/mol. The average molecular weight is 533 g/mol. The van der Waals surface area contributed by atoms with E-state index in [0.717, 1.165) is 26.4 Å². The molecule has 0 bridgehead atoms. The lowest BCUT2D eigenvalue weighted by molar-refractivity contribution is -0.121. The normalized spacial score (nSPS) is 23.6. The minimum atomic E-state index is -4.14. The molecule has 5 atom stereocenters. The maximum absolute atomic E-state index is 12.2. The molecule has 2 unspecified atom stereocenters. The molecule has 0 aromatic heterocycles. The van der Waals surface area contributed by atoms with E-state index in [1.807, 2.05) is 7.85 Å². The van der Waals surface area contributed by atoms with Crippen molar-refractivity contribution in [2.75, 3.05) is 27.4 Å². The molecule has 1 saturated heterocycles. The zero-order valence-electron chi connectivity index (χ0n) is 23.4. The number of hydrogen-bond donors (Lipinski definition) is 2. The van der Waals surface area contributed by atoms with Crippen LogP contribution in [0.5, 0.6) is 0 Å². The summed E-state index contributed by atoms with van der Waals surface area (Å²) in [5.41, 5.74) is 0. The van der Waals surface area contributed by atoms with Crippen molar-refractivity contribution >= 4 is 21.6 Å². The summed E-state index contributed by atoms with van der Waals surface area (Å²) in [4.78, 5) is 22.0. The van der Waals surface area contributed by atoms with Crippen LogP contribution in [0.25, 0.3) is 0 Å². The summed E-state index contributed by atoms with van der Waals surface area (Å²) in [6.45, 7) is 3.10. The number of unbranched alkanes of at least 4 members (excludes halogenated alkanes) is 12. The number of phosphoric acid groups is 1. The third-order valence-corrected chi connectivity index (χ3v) is 8.11. The minimum Gasteiger partial charge on any atom is -0.382 e. The van der Waals surface area contributed by atoms with Gasteiger partial charge in [-0.15, -0.1) is 0 Å². The van der Waals surface area contributed by atoms with Crippen molar-refractivity contribution in [3.63, 3.8) is 0 Å². The van der Waals surface area contributed by atoms with Crippen molar-refractivity contribution < 1.29 is 32.8 Å². The van der Waals surface area contributed by atoms with Crippen LogP contribution in [0.4, 0.5) is 0 Å². The monoisotopic (exact) mass is 533 g/mol. The van der Waals surface area contributed by atoms with Crippen molar-refractivity contribution in [2.24, 2.45) is 5.92 Å². The Kier molecular flexibility index (Phi) is 19.1. The van der Waals surface area contributed by atoms with E-state index in [1.165, 1.54) is 70.6 Å². The molecule has 2 N–H and O–H groups in total. The highest BCUT2D eigenvalue weighted by Gasteiger charge is 2.45. The third-order valence-electron chi connectivity index (χ3n) is 7.14. The van der Waals surface area contributed by atoms with E-state index in [4.69, 9.17) is 14.0 Å². The lowest BCUT2D eigenvalue weighted by Gasteiger charge is -2.25. The summed E-state index contributed by atoms with van der Waals surface area (Å²) in [5.74, 6) is 0.0110. The summed E-state index contributed by atoms with van der Waals surface area (Å²) < 4.78 is 33.1. The Morgan fingerprint density at radius 2 is 1.50 bits per heavy atom. The highest BCUT2D eigenvalue weighted by molar-refractivity contribution is 7.47. The molecule has 1 aliphatic rings. The van der Waals surface area contributed by atoms with Gasteiger partial charge in [-0.1, -0.05) is 84.0 Å². The van der Waals surface area contributed by atoms with Crippen molar-refractivity contribution in [3.8, 4) is 0 Å². The van der Waals surface area contributed by atoms with Crippen LogP contribution in [0, 0.1) is 5.92 Å². The van der Waals surface area contributed by atoms with Crippen molar-refractivity contribution in [2.45, 2.75) is 128 Å². The van der Waals surface area contributed by atoms with Crippen molar-refractivity contribution in [1.29, 1.82) is 0 Å². The van der Waals surface area contributed by atoms with Crippen LogP contribution >= 0.6 is 7.82 Å². The molecule has 1 amide bonds. The number of carbonyl (C=O) groups excluding carboxylic acids is 1. The molecule has 1 aliphatic heterocycles. The third kappa shape index (κ3) is 15.1. The van der Waals surface area contributed by atoms with Crippen LogP contribution in [0.3, 0.4) is 0 Å². The molecule has 10 heteroatoms. The number of ether oxygens (including phenoxy) is 2. The van der Waals surface area contributed by atoms with Gasteiger partial charge in [-0.25, -0.2) is 4.57 Å². The molecule has 1 rings (SSSR count). The van der Waals surface area contributed by atoms with E-state index >= 15 is 0 Å². The predicted octanol–water partition coefficient (Wildman–Crippen LogP) is 5.12. The number of rotatable bonds is 23. The van der Waals surface area contributed by atoms with Gasteiger partial charge in [0.25, 0.3) is 0 Å². The molecule has 1 fully saturated rings. The Hall–Kier alpha value is -0.435. The Morgan fingerprint density at radius 3 is 2.03 bits per heavy atom. The SMILES string of the molecule is B[C@@H]1O[C@H](COC)[C@H](OP(=O)(O)OC)C1CCCNC(=O)CCCCCCCCCCCCCCC. The summed E-state index contributed by atoms with van der Waals surface area (Å²) in [7, 11) is 0.490. The molecule has 1 heterocycles. The number of amides is 1. The quantitative estimate of drug-likeness (QED) is 0.107. The molecule has 0 saturated carbocycles. The Balaban J connectivity index is 2.10. The molecule has 0 aromatic rings. The Bertz CT molecular complexity index is 613. The first kappa shape index (κ1) is 33.6. The van der Waals surface area contributed by atoms with Gasteiger partial charge in [-0.05, 0) is 19.3 Å². The molecular formula is C26H53BNO7P. The lowest BCUT2D eigenvalue weighted by Crippen LogP contribution is -2.33. The maximum atomic E-state index is 12.2. The second kappa shape index (κ2) is 20.5. The van der Waals surface area contributed by atoms with Crippen LogP contribution in [0.2, 0.25) is 0 Å². The number of phosphoric ester groups is 1. The van der Waals surface area contributed by atoms with Gasteiger partial charge in [0.1, 0.15) is 20.1 Å². The van der Waals surface area contributed by atoms with Gasteiger partial charge in [0.2, 0.25) is 5.91 Å². The second-order valence-electron chi connectivity index (χ2n) is 10.2. The van der Waals surface area contributed by atoms with Crippen LogP contribution < -0.4 is 5.32 Å². The highest BCUT2D eigenvalue weighted by atomic mass is 31.2. The van der Waals surface area contributed by atoms with E-state index in [2.05, 4.69) is 16.8 Å². The summed E-state index contributed by atoms with van der Waals surface area (Å²) in [6, 6.07) is -0.145. The number of hydrogen-bond acceptors (Lipinski definition) is 6. The highest BCUT2D eigenvalue weighted by Crippen LogP contribution is 2.48. The summed E-state index contributed by atoms with van der Waals surface area (Å²) in [6.07, 6.45) is 17.8. The van der Waals surface area contributed by atoms with E-state index in [-0.39, 0.29) is 24.4 Å². The largest absolute Gasteiger partial charge is 0.472 e. The fourth-order valence-electron chi connectivity index (χ4n) is 4.99. The van der Waals surface area contributed by atoms with E-state index < -0.39 is 20.0 Å². The zero-order chi connectivity index (χ0) is 26.7. The molecule has 212 valence electrons. The smallest absolute Gasteiger partial charge is 0.382 e. The fraction of sp³-hybridized carbons (Fsp3) is 0.962. The van der Waals surface area contributed by atoms with Gasteiger partial charge in [-0.3, -0.25) is 13.8 Å². The van der Waals surface area contributed by atoms with Crippen molar-refractivity contribution in [1.82, 2.24) is 5.32 Å². The molecule has 0 spiro atoms. The van der Waals surface area contributed by atoms with E-state index in [9.17, 15) is 14.3 Å². The van der Waals surface area contributed by atoms with Crippen LogP contribution in [0.15, 0.2) is 0 Å². The van der Waals surface area contributed by atoms with E-state index in [0.29, 0.717) is 19.4 Å². The molecule has 0 aliphatic carbocycles. The number of carbonyl (C=O) groups is 1. The van der Waals surface area contributed by atoms with Gasteiger partial charge in [-0.2, -0.15) is 0 Å². The first-order valence-corrected chi connectivity index (χ1v) is 15.8. The number of nitrogens with one attached hydrogen (secondary N) is 1. The van der Waals surface area contributed by atoms with Gasteiger partial charge >= 0.3 is 7.82 Å². The topological polar surface area (TPSA) is 103 Å². The second-order valence-corrected chi connectivity index (χ2v) is 11.7. The maximum Gasteiger partial charge on any atom is 0.472 e. The first-order valence-electron chi connectivity index (χ1n) is 14.3. The van der Waals surface area contributed by atoms with E-state index in [1.54, 1.807) is 7.11 Å². The molecule has 36 heavy (non-hydrogen) atoms. The van der Waals surface area contributed by atoms with Crippen LogP contribution in [-0.2, 0) is 27.9 Å². The summed E-state index contributed by atoms with van der Waals surface area (Å²) in [5, 5.41) is 3.00. The van der Waals surface area contributed by atoms with Gasteiger partial charge < -0.3 is 19.7 Å². The minimum absolute atomic E-state index is 0.0845. The Morgan fingerprint density at radius 1 is 0.944 bits per heavy atom.